The molecule has 0 amide bonds. The van der Waals surface area contributed by atoms with Crippen LogP contribution in [0.5, 0.6) is 0 Å². The average Bonchev–Trinajstić information content (AvgIpc) is 2.81. The van der Waals surface area contributed by atoms with Crippen molar-refractivity contribution in [2.45, 2.75) is 45.2 Å². The van der Waals surface area contributed by atoms with Crippen molar-refractivity contribution in [3.8, 4) is 0 Å². The van der Waals surface area contributed by atoms with E-state index in [1.807, 2.05) is 0 Å². The molecule has 2 nitrogen and oxygen atoms in total. The molecular formula is C14H26N2S. The summed E-state index contributed by atoms with van der Waals surface area (Å²) in [7, 11) is 0. The fraction of sp³-hybridized carbons (Fsp3) is 0.857. The van der Waals surface area contributed by atoms with E-state index in [4.69, 9.17) is 0 Å². The van der Waals surface area contributed by atoms with Crippen LogP contribution in [-0.4, -0.2) is 48.1 Å². The van der Waals surface area contributed by atoms with Crippen molar-refractivity contribution in [3.63, 3.8) is 0 Å². The molecule has 98 valence electrons. The number of nitrogens with one attached hydrogen (secondary N) is 1. The van der Waals surface area contributed by atoms with Gasteiger partial charge in [-0.1, -0.05) is 11.6 Å². The maximum absolute atomic E-state index is 3.84. The third-order valence-corrected chi connectivity index (χ3v) is 4.91. The van der Waals surface area contributed by atoms with Gasteiger partial charge in [0.1, 0.15) is 0 Å². The number of piperidine rings is 1. The smallest absolute Gasteiger partial charge is 0.0168 e. The Hall–Kier alpha value is 0.0100. The van der Waals surface area contributed by atoms with Crippen LogP contribution in [0.1, 0.15) is 33.1 Å². The summed E-state index contributed by atoms with van der Waals surface area (Å²) >= 11 is 2.10. The van der Waals surface area contributed by atoms with E-state index >= 15 is 0 Å². The van der Waals surface area contributed by atoms with Crippen LogP contribution in [0, 0.1) is 0 Å². The van der Waals surface area contributed by atoms with Crippen LogP contribution in [0.4, 0.5) is 0 Å². The fourth-order valence-corrected chi connectivity index (χ4v) is 3.76. The first kappa shape index (κ1) is 13.4. The summed E-state index contributed by atoms with van der Waals surface area (Å²) in [5.41, 5.74) is 1.44. The molecule has 0 aromatic carbocycles. The highest BCUT2D eigenvalue weighted by Gasteiger charge is 2.23. The number of allylic oxidation sites excluding steroid dienone is 1. The summed E-state index contributed by atoms with van der Waals surface area (Å²) in [6, 6.07) is 1.58. The van der Waals surface area contributed by atoms with Gasteiger partial charge in [-0.3, -0.25) is 4.90 Å². The monoisotopic (exact) mass is 254 g/mol. The van der Waals surface area contributed by atoms with Gasteiger partial charge >= 0.3 is 0 Å². The van der Waals surface area contributed by atoms with Gasteiger partial charge in [-0.25, -0.2) is 0 Å². The van der Waals surface area contributed by atoms with Gasteiger partial charge in [-0.2, -0.15) is 11.8 Å². The zero-order valence-electron chi connectivity index (χ0n) is 11.2. The molecule has 2 saturated heterocycles. The van der Waals surface area contributed by atoms with Crippen molar-refractivity contribution in [1.29, 1.82) is 0 Å². The molecule has 2 rings (SSSR count). The lowest BCUT2D eigenvalue weighted by molar-refractivity contribution is 0.208. The maximum Gasteiger partial charge on any atom is 0.0168 e. The van der Waals surface area contributed by atoms with Crippen molar-refractivity contribution in [2.24, 2.45) is 0 Å². The van der Waals surface area contributed by atoms with E-state index in [9.17, 15) is 0 Å². The van der Waals surface area contributed by atoms with Crippen LogP contribution in [0.15, 0.2) is 11.6 Å². The van der Waals surface area contributed by atoms with Gasteiger partial charge in [0.05, 0.1) is 0 Å². The number of likely N-dealkylation sites (tertiary alicyclic amines) is 1. The zero-order valence-corrected chi connectivity index (χ0v) is 12.1. The SMILES string of the molecule is CC(C)=CCN1CCC(NC2CCSC2)CC1. The summed E-state index contributed by atoms with van der Waals surface area (Å²) in [6.45, 7) is 8.05. The van der Waals surface area contributed by atoms with E-state index in [0.717, 1.165) is 18.6 Å². The number of hydrogen-bond donors (Lipinski definition) is 1. The van der Waals surface area contributed by atoms with Gasteiger partial charge < -0.3 is 5.32 Å². The van der Waals surface area contributed by atoms with Gasteiger partial charge in [0.15, 0.2) is 0 Å². The quantitative estimate of drug-likeness (QED) is 0.776. The Balaban J connectivity index is 1.65. The second-order valence-corrected chi connectivity index (χ2v) is 6.73. The largest absolute Gasteiger partial charge is 0.310 e. The molecule has 0 aromatic heterocycles. The van der Waals surface area contributed by atoms with E-state index < -0.39 is 0 Å². The normalized spacial score (nSPS) is 27.3. The molecule has 2 fully saturated rings. The molecule has 3 heteroatoms. The van der Waals surface area contributed by atoms with Crippen LogP contribution >= 0.6 is 11.8 Å². The molecule has 0 aliphatic carbocycles. The van der Waals surface area contributed by atoms with Crippen molar-refractivity contribution in [3.05, 3.63) is 11.6 Å². The molecule has 0 spiro atoms. The Morgan fingerprint density at radius 1 is 1.24 bits per heavy atom. The van der Waals surface area contributed by atoms with Gasteiger partial charge in [0, 0.05) is 24.4 Å². The predicted molar refractivity (Wildman–Crippen MR) is 77.8 cm³/mol. The summed E-state index contributed by atoms with van der Waals surface area (Å²) in [5.74, 6) is 2.69. The number of hydrogen-bond acceptors (Lipinski definition) is 3. The highest BCUT2D eigenvalue weighted by molar-refractivity contribution is 7.99. The molecule has 2 aliphatic heterocycles. The zero-order chi connectivity index (χ0) is 12.1. The average molecular weight is 254 g/mol. The number of rotatable bonds is 4. The predicted octanol–water partition coefficient (Wildman–Crippen LogP) is 2.51. The molecule has 2 aliphatic rings. The second-order valence-electron chi connectivity index (χ2n) is 5.58. The Morgan fingerprint density at radius 2 is 2.00 bits per heavy atom. The molecule has 0 radical (unpaired) electrons. The number of thioether (sulfide) groups is 1. The van der Waals surface area contributed by atoms with Gasteiger partial charge in [0.25, 0.3) is 0 Å². The molecule has 1 atom stereocenters. The van der Waals surface area contributed by atoms with Crippen molar-refractivity contribution < 1.29 is 0 Å². The van der Waals surface area contributed by atoms with Crippen LogP contribution in [0.2, 0.25) is 0 Å². The Bertz CT molecular complexity index is 247. The topological polar surface area (TPSA) is 15.3 Å². The molecular weight excluding hydrogens is 228 g/mol. The molecule has 0 aromatic rings. The molecule has 2 heterocycles. The summed E-state index contributed by atoms with van der Waals surface area (Å²) in [5, 5.41) is 3.84. The van der Waals surface area contributed by atoms with Crippen LogP contribution in [0.25, 0.3) is 0 Å². The molecule has 17 heavy (non-hydrogen) atoms. The fourth-order valence-electron chi connectivity index (χ4n) is 2.59. The second kappa shape index (κ2) is 6.81. The first-order valence-electron chi connectivity index (χ1n) is 6.93. The summed E-state index contributed by atoms with van der Waals surface area (Å²) in [4.78, 5) is 2.58. The minimum absolute atomic E-state index is 0.779. The lowest BCUT2D eigenvalue weighted by Gasteiger charge is -2.33. The maximum atomic E-state index is 3.84. The minimum Gasteiger partial charge on any atom is -0.310 e. The standard InChI is InChI=1S/C14H26N2S/c1-12(2)3-7-16-8-4-13(5-9-16)15-14-6-10-17-11-14/h3,13-15H,4-11H2,1-2H3. The van der Waals surface area contributed by atoms with Gasteiger partial charge in [-0.15, -0.1) is 0 Å². The van der Waals surface area contributed by atoms with Crippen molar-refractivity contribution >= 4 is 11.8 Å². The first-order chi connectivity index (χ1) is 8.24. The summed E-state index contributed by atoms with van der Waals surface area (Å²) in [6.07, 6.45) is 6.39. The Morgan fingerprint density at radius 3 is 2.59 bits per heavy atom. The van der Waals surface area contributed by atoms with Crippen LogP contribution < -0.4 is 5.32 Å². The third-order valence-electron chi connectivity index (χ3n) is 3.75. The molecule has 0 bridgehead atoms. The Kier molecular flexibility index (Phi) is 5.39. The van der Waals surface area contributed by atoms with E-state index in [2.05, 4.69) is 41.9 Å². The van der Waals surface area contributed by atoms with Gasteiger partial charge in [-0.05, 0) is 52.0 Å². The minimum atomic E-state index is 0.779. The lowest BCUT2D eigenvalue weighted by Crippen LogP contribution is -2.46. The first-order valence-corrected chi connectivity index (χ1v) is 8.09. The number of nitrogens with zero attached hydrogens (tertiary/aromatic N) is 1. The van der Waals surface area contributed by atoms with Crippen LogP contribution in [-0.2, 0) is 0 Å². The van der Waals surface area contributed by atoms with Crippen molar-refractivity contribution in [1.82, 2.24) is 10.2 Å². The van der Waals surface area contributed by atoms with E-state index in [1.54, 1.807) is 0 Å². The third kappa shape index (κ3) is 4.65. The highest BCUT2D eigenvalue weighted by atomic mass is 32.2. The molecule has 0 saturated carbocycles. The van der Waals surface area contributed by atoms with Crippen molar-refractivity contribution in [2.75, 3.05) is 31.1 Å². The Labute approximate surface area is 110 Å². The van der Waals surface area contributed by atoms with Gasteiger partial charge in [0.2, 0.25) is 0 Å². The van der Waals surface area contributed by atoms with E-state index in [0.29, 0.717) is 0 Å². The molecule has 1 unspecified atom stereocenters. The van der Waals surface area contributed by atoms with Crippen LogP contribution in [0.3, 0.4) is 0 Å². The summed E-state index contributed by atoms with van der Waals surface area (Å²) < 4.78 is 0. The lowest BCUT2D eigenvalue weighted by atomic mass is 10.0. The molecule has 1 N–H and O–H groups in total. The van der Waals surface area contributed by atoms with E-state index in [1.165, 1.54) is 49.4 Å². The van der Waals surface area contributed by atoms with E-state index in [-0.39, 0.29) is 0 Å². The highest BCUT2D eigenvalue weighted by Crippen LogP contribution is 2.19.